The monoisotopic (exact) mass is 285 g/mol. The van der Waals surface area contributed by atoms with Crippen molar-refractivity contribution in [3.8, 4) is 5.88 Å². The summed E-state index contributed by atoms with van der Waals surface area (Å²) in [6.45, 7) is 6.78. The Balaban J connectivity index is 2.65. The van der Waals surface area contributed by atoms with Crippen LogP contribution in [-0.2, 0) is 0 Å². The molecule has 5 nitrogen and oxygen atoms in total. The molecule has 0 aliphatic heterocycles. The molecule has 0 aliphatic carbocycles. The number of anilines is 1. The smallest absolute Gasteiger partial charge is 0.226 e. The number of hydrogen-bond donors (Lipinski definition) is 2. The Morgan fingerprint density at radius 3 is 2.84 bits per heavy atom. The van der Waals surface area contributed by atoms with Gasteiger partial charge in [-0.15, -0.1) is 0 Å². The highest BCUT2D eigenvalue weighted by atomic mass is 32.2. The van der Waals surface area contributed by atoms with E-state index in [2.05, 4.69) is 15.3 Å². The summed E-state index contributed by atoms with van der Waals surface area (Å²) in [6, 6.07) is 1.81. The minimum atomic E-state index is -0.781. The van der Waals surface area contributed by atoms with Gasteiger partial charge in [-0.3, -0.25) is 0 Å². The van der Waals surface area contributed by atoms with Crippen LogP contribution < -0.4 is 10.1 Å². The zero-order valence-electron chi connectivity index (χ0n) is 12.1. The van der Waals surface area contributed by atoms with Crippen molar-refractivity contribution in [2.75, 3.05) is 30.5 Å². The average molecular weight is 285 g/mol. The summed E-state index contributed by atoms with van der Waals surface area (Å²) >= 11 is 1.61. The highest BCUT2D eigenvalue weighted by Crippen LogP contribution is 2.15. The summed E-state index contributed by atoms with van der Waals surface area (Å²) in [5.41, 5.74) is 0.0601. The second-order valence-electron chi connectivity index (χ2n) is 4.80. The number of aromatic nitrogens is 2. The van der Waals surface area contributed by atoms with E-state index < -0.39 is 5.60 Å². The van der Waals surface area contributed by atoms with Gasteiger partial charge in [-0.05, 0) is 26.5 Å². The lowest BCUT2D eigenvalue weighted by Crippen LogP contribution is -2.36. The van der Waals surface area contributed by atoms with Crippen LogP contribution in [0.1, 0.15) is 26.0 Å². The first-order chi connectivity index (χ1) is 8.96. The van der Waals surface area contributed by atoms with Crippen molar-refractivity contribution in [1.82, 2.24) is 9.97 Å². The summed E-state index contributed by atoms with van der Waals surface area (Å²) in [4.78, 5) is 8.56. The third kappa shape index (κ3) is 6.11. The molecule has 0 aliphatic rings. The van der Waals surface area contributed by atoms with E-state index in [-0.39, 0.29) is 0 Å². The maximum absolute atomic E-state index is 10.1. The van der Waals surface area contributed by atoms with Crippen molar-refractivity contribution in [1.29, 1.82) is 0 Å². The van der Waals surface area contributed by atoms with Crippen LogP contribution in [0.5, 0.6) is 5.88 Å². The predicted molar refractivity (Wildman–Crippen MR) is 80.1 cm³/mol. The highest BCUT2D eigenvalue weighted by molar-refractivity contribution is 7.98. The van der Waals surface area contributed by atoms with Gasteiger partial charge in [0.25, 0.3) is 0 Å². The minimum absolute atomic E-state index is 0.407. The third-order valence-electron chi connectivity index (χ3n) is 2.37. The fraction of sp³-hybridized carbons (Fsp3) is 0.692. The van der Waals surface area contributed by atoms with E-state index in [1.54, 1.807) is 24.8 Å². The Morgan fingerprint density at radius 1 is 1.47 bits per heavy atom. The molecule has 1 aromatic rings. The molecule has 1 rings (SSSR count). The fourth-order valence-electron chi connectivity index (χ4n) is 1.53. The van der Waals surface area contributed by atoms with E-state index in [9.17, 15) is 5.11 Å². The SMILES string of the molecule is CCCOc1cc(C)nc(NCC(C)(O)CSC)n1. The standard InChI is InChI=1S/C13H23N3O2S/c1-5-6-18-11-7-10(2)15-12(16-11)14-8-13(3,17)9-19-4/h7,17H,5-6,8-9H2,1-4H3,(H,14,15,16). The number of nitrogens with zero attached hydrogens (tertiary/aromatic N) is 2. The number of ether oxygens (including phenoxy) is 1. The number of hydrogen-bond acceptors (Lipinski definition) is 6. The largest absolute Gasteiger partial charge is 0.478 e. The van der Waals surface area contributed by atoms with Crippen molar-refractivity contribution in [3.63, 3.8) is 0 Å². The number of aliphatic hydroxyl groups is 1. The Bertz CT molecular complexity index is 399. The average Bonchev–Trinajstić information content (AvgIpc) is 2.33. The number of rotatable bonds is 8. The van der Waals surface area contributed by atoms with Crippen molar-refractivity contribution in [3.05, 3.63) is 11.8 Å². The van der Waals surface area contributed by atoms with Gasteiger partial charge in [0.15, 0.2) is 0 Å². The third-order valence-corrected chi connectivity index (χ3v) is 3.28. The molecule has 0 bridgehead atoms. The van der Waals surface area contributed by atoms with Crippen LogP contribution in [0.3, 0.4) is 0 Å². The molecule has 0 saturated heterocycles. The first-order valence-corrected chi connectivity index (χ1v) is 7.80. The molecule has 0 fully saturated rings. The summed E-state index contributed by atoms with van der Waals surface area (Å²) in [5, 5.41) is 13.1. The maximum Gasteiger partial charge on any atom is 0.226 e. The lowest BCUT2D eigenvalue weighted by atomic mass is 10.1. The van der Waals surface area contributed by atoms with Gasteiger partial charge in [-0.2, -0.15) is 16.7 Å². The highest BCUT2D eigenvalue weighted by Gasteiger charge is 2.19. The van der Waals surface area contributed by atoms with E-state index in [1.165, 1.54) is 0 Å². The van der Waals surface area contributed by atoms with Crippen LogP contribution in [-0.4, -0.2) is 45.8 Å². The molecule has 108 valence electrons. The van der Waals surface area contributed by atoms with Crippen LogP contribution in [0, 0.1) is 6.92 Å². The van der Waals surface area contributed by atoms with Crippen LogP contribution >= 0.6 is 11.8 Å². The second kappa shape index (κ2) is 7.55. The molecule has 0 amide bonds. The fourth-order valence-corrected chi connectivity index (χ4v) is 2.25. The van der Waals surface area contributed by atoms with Gasteiger partial charge in [-0.25, -0.2) is 4.98 Å². The molecule has 6 heteroatoms. The molecular weight excluding hydrogens is 262 g/mol. The zero-order chi connectivity index (χ0) is 14.3. The van der Waals surface area contributed by atoms with E-state index in [0.717, 1.165) is 12.1 Å². The first kappa shape index (κ1) is 16.0. The lowest BCUT2D eigenvalue weighted by molar-refractivity contribution is 0.0995. The Morgan fingerprint density at radius 2 is 2.21 bits per heavy atom. The van der Waals surface area contributed by atoms with E-state index >= 15 is 0 Å². The number of nitrogens with one attached hydrogen (secondary N) is 1. The maximum atomic E-state index is 10.1. The molecule has 19 heavy (non-hydrogen) atoms. The first-order valence-electron chi connectivity index (χ1n) is 6.40. The van der Waals surface area contributed by atoms with Gasteiger partial charge in [0.1, 0.15) is 0 Å². The Labute approximate surface area is 119 Å². The van der Waals surface area contributed by atoms with Gasteiger partial charge in [0.05, 0.1) is 12.2 Å². The van der Waals surface area contributed by atoms with Crippen LogP contribution in [0.15, 0.2) is 6.07 Å². The van der Waals surface area contributed by atoms with Gasteiger partial charge in [-0.1, -0.05) is 6.92 Å². The summed E-state index contributed by atoms with van der Waals surface area (Å²) < 4.78 is 5.50. The predicted octanol–water partition coefficient (Wildman–Crippen LogP) is 2.10. The molecular formula is C13H23N3O2S. The molecule has 1 aromatic heterocycles. The molecule has 1 heterocycles. The number of thioether (sulfide) groups is 1. The molecule has 1 unspecified atom stereocenters. The van der Waals surface area contributed by atoms with Crippen LogP contribution in [0.25, 0.3) is 0 Å². The lowest BCUT2D eigenvalue weighted by Gasteiger charge is -2.22. The van der Waals surface area contributed by atoms with Crippen molar-refractivity contribution < 1.29 is 9.84 Å². The second-order valence-corrected chi connectivity index (χ2v) is 5.67. The van der Waals surface area contributed by atoms with E-state index in [1.807, 2.05) is 20.1 Å². The van der Waals surface area contributed by atoms with Gasteiger partial charge in [0, 0.05) is 24.1 Å². The molecule has 0 spiro atoms. The number of aryl methyl sites for hydroxylation is 1. The molecule has 0 radical (unpaired) electrons. The van der Waals surface area contributed by atoms with Crippen molar-refractivity contribution in [2.24, 2.45) is 0 Å². The Kier molecular flexibility index (Phi) is 6.37. The van der Waals surface area contributed by atoms with E-state index in [0.29, 0.717) is 30.7 Å². The normalized spacial score (nSPS) is 13.9. The molecule has 2 N–H and O–H groups in total. The topological polar surface area (TPSA) is 67.3 Å². The van der Waals surface area contributed by atoms with Crippen molar-refractivity contribution >= 4 is 17.7 Å². The molecule has 0 saturated carbocycles. The van der Waals surface area contributed by atoms with Gasteiger partial charge < -0.3 is 15.2 Å². The molecule has 1 atom stereocenters. The van der Waals surface area contributed by atoms with Crippen LogP contribution in [0.2, 0.25) is 0 Å². The Hall–Kier alpha value is -1.01. The zero-order valence-corrected chi connectivity index (χ0v) is 12.9. The summed E-state index contributed by atoms with van der Waals surface area (Å²) in [5.74, 6) is 1.72. The quantitative estimate of drug-likeness (QED) is 0.762. The summed E-state index contributed by atoms with van der Waals surface area (Å²) in [6.07, 6.45) is 2.91. The summed E-state index contributed by atoms with van der Waals surface area (Å²) in [7, 11) is 0. The van der Waals surface area contributed by atoms with Gasteiger partial charge in [0.2, 0.25) is 11.8 Å². The van der Waals surface area contributed by atoms with Crippen LogP contribution in [0.4, 0.5) is 5.95 Å². The van der Waals surface area contributed by atoms with Gasteiger partial charge >= 0.3 is 0 Å². The van der Waals surface area contributed by atoms with Crippen molar-refractivity contribution in [2.45, 2.75) is 32.8 Å². The minimum Gasteiger partial charge on any atom is -0.478 e. The van der Waals surface area contributed by atoms with E-state index in [4.69, 9.17) is 4.74 Å². The molecule has 0 aromatic carbocycles.